The molecule has 1 aliphatic heterocycles. The van der Waals surface area contributed by atoms with Crippen LogP contribution in [0.1, 0.15) is 11.1 Å². The SMILES string of the molecule is CN1CCN(Cc2ccc(NC(=O)OCc3ccc(Cl)cc3)cc2)CC1=O. The fraction of sp³-hybridized carbons (Fsp3) is 0.300. The van der Waals surface area contributed by atoms with Crippen LogP contribution in [-0.4, -0.2) is 48.5 Å². The summed E-state index contributed by atoms with van der Waals surface area (Å²) < 4.78 is 5.20. The molecule has 0 atom stereocenters. The van der Waals surface area contributed by atoms with Crippen molar-refractivity contribution in [3.63, 3.8) is 0 Å². The van der Waals surface area contributed by atoms with Gasteiger partial charge in [-0.25, -0.2) is 4.79 Å². The van der Waals surface area contributed by atoms with Crippen LogP contribution in [0.25, 0.3) is 0 Å². The van der Waals surface area contributed by atoms with Crippen molar-refractivity contribution < 1.29 is 14.3 Å². The van der Waals surface area contributed by atoms with E-state index in [9.17, 15) is 9.59 Å². The van der Waals surface area contributed by atoms with Crippen LogP contribution in [0.3, 0.4) is 0 Å². The van der Waals surface area contributed by atoms with Crippen LogP contribution < -0.4 is 5.32 Å². The molecular formula is C20H22ClN3O3. The summed E-state index contributed by atoms with van der Waals surface area (Å²) in [7, 11) is 1.83. The van der Waals surface area contributed by atoms with Crippen molar-refractivity contribution in [1.29, 1.82) is 0 Å². The Hall–Kier alpha value is -2.57. The molecule has 1 heterocycles. The molecule has 142 valence electrons. The highest BCUT2D eigenvalue weighted by Crippen LogP contribution is 2.14. The van der Waals surface area contributed by atoms with Gasteiger partial charge in [-0.15, -0.1) is 0 Å². The normalized spacial score (nSPS) is 14.9. The van der Waals surface area contributed by atoms with Crippen LogP contribution in [0.4, 0.5) is 10.5 Å². The third-order valence-corrected chi connectivity index (χ3v) is 4.68. The molecule has 0 aliphatic carbocycles. The van der Waals surface area contributed by atoms with Gasteiger partial charge in [-0.1, -0.05) is 35.9 Å². The summed E-state index contributed by atoms with van der Waals surface area (Å²) in [6.45, 7) is 2.93. The van der Waals surface area contributed by atoms with Gasteiger partial charge in [-0.2, -0.15) is 0 Å². The number of nitrogens with zero attached hydrogens (tertiary/aromatic N) is 2. The molecule has 7 heteroatoms. The second-order valence-electron chi connectivity index (χ2n) is 6.55. The lowest BCUT2D eigenvalue weighted by molar-refractivity contribution is -0.134. The second-order valence-corrected chi connectivity index (χ2v) is 6.99. The summed E-state index contributed by atoms with van der Waals surface area (Å²) in [6, 6.07) is 14.7. The number of amides is 2. The van der Waals surface area contributed by atoms with Crippen molar-refractivity contribution in [3.8, 4) is 0 Å². The number of carbonyl (C=O) groups is 2. The van der Waals surface area contributed by atoms with Crippen LogP contribution in [0.2, 0.25) is 5.02 Å². The van der Waals surface area contributed by atoms with Crippen molar-refractivity contribution in [3.05, 3.63) is 64.7 Å². The quantitative estimate of drug-likeness (QED) is 0.854. The summed E-state index contributed by atoms with van der Waals surface area (Å²) >= 11 is 5.83. The smallest absolute Gasteiger partial charge is 0.411 e. The van der Waals surface area contributed by atoms with Crippen molar-refractivity contribution in [2.75, 3.05) is 32.0 Å². The number of rotatable bonds is 5. The fourth-order valence-electron chi connectivity index (χ4n) is 2.78. The number of piperazine rings is 1. The lowest BCUT2D eigenvalue weighted by atomic mass is 10.2. The van der Waals surface area contributed by atoms with Crippen LogP contribution >= 0.6 is 11.6 Å². The van der Waals surface area contributed by atoms with Gasteiger partial charge >= 0.3 is 6.09 Å². The molecule has 0 saturated carbocycles. The van der Waals surface area contributed by atoms with E-state index in [4.69, 9.17) is 16.3 Å². The maximum absolute atomic E-state index is 11.9. The summed E-state index contributed by atoms with van der Waals surface area (Å²) in [4.78, 5) is 27.5. The Balaban J connectivity index is 1.46. The van der Waals surface area contributed by atoms with E-state index in [1.807, 2.05) is 43.4 Å². The van der Waals surface area contributed by atoms with Crippen LogP contribution in [-0.2, 0) is 22.7 Å². The predicted molar refractivity (Wildman–Crippen MR) is 105 cm³/mol. The Labute approximate surface area is 163 Å². The number of carbonyl (C=O) groups excluding carboxylic acids is 2. The van der Waals surface area contributed by atoms with E-state index in [0.29, 0.717) is 23.8 Å². The number of hydrogen-bond acceptors (Lipinski definition) is 4. The molecule has 2 aromatic carbocycles. The standard InChI is InChI=1S/C20H22ClN3O3/c1-23-10-11-24(13-19(23)25)12-15-4-8-18(9-5-15)22-20(26)27-14-16-2-6-17(21)7-3-16/h2-9H,10-14H2,1H3,(H,22,26). The molecule has 1 fully saturated rings. The molecule has 0 radical (unpaired) electrons. The van der Waals surface area contributed by atoms with Gasteiger partial charge in [0.1, 0.15) is 6.61 Å². The van der Waals surface area contributed by atoms with Gasteiger partial charge in [-0.3, -0.25) is 15.0 Å². The Morgan fingerprint density at radius 3 is 2.41 bits per heavy atom. The topological polar surface area (TPSA) is 61.9 Å². The third-order valence-electron chi connectivity index (χ3n) is 4.43. The van der Waals surface area contributed by atoms with E-state index in [2.05, 4.69) is 10.2 Å². The molecule has 1 aliphatic rings. The van der Waals surface area contributed by atoms with Crippen LogP contribution in [0, 0.1) is 0 Å². The zero-order valence-electron chi connectivity index (χ0n) is 15.2. The van der Waals surface area contributed by atoms with Crippen LogP contribution in [0.5, 0.6) is 0 Å². The van der Waals surface area contributed by atoms with E-state index < -0.39 is 6.09 Å². The van der Waals surface area contributed by atoms with Gasteiger partial charge in [-0.05, 0) is 35.4 Å². The molecule has 2 amide bonds. The number of nitrogens with one attached hydrogen (secondary N) is 1. The largest absolute Gasteiger partial charge is 0.444 e. The summed E-state index contributed by atoms with van der Waals surface area (Å²) in [6.07, 6.45) is -0.512. The minimum absolute atomic E-state index is 0.142. The minimum Gasteiger partial charge on any atom is -0.444 e. The summed E-state index contributed by atoms with van der Waals surface area (Å²) in [5, 5.41) is 3.35. The molecule has 3 rings (SSSR count). The Morgan fingerprint density at radius 1 is 1.07 bits per heavy atom. The molecule has 0 unspecified atom stereocenters. The first-order valence-electron chi connectivity index (χ1n) is 8.73. The first kappa shape index (κ1) is 19.2. The molecule has 2 aromatic rings. The molecule has 6 nitrogen and oxygen atoms in total. The molecule has 1 saturated heterocycles. The number of hydrogen-bond donors (Lipinski definition) is 1. The lowest BCUT2D eigenvalue weighted by Gasteiger charge is -2.31. The maximum atomic E-state index is 11.9. The van der Waals surface area contributed by atoms with Crippen LogP contribution in [0.15, 0.2) is 48.5 Å². The molecular weight excluding hydrogens is 366 g/mol. The fourth-order valence-corrected chi connectivity index (χ4v) is 2.90. The highest BCUT2D eigenvalue weighted by atomic mass is 35.5. The molecule has 1 N–H and O–H groups in total. The van der Waals surface area contributed by atoms with Crippen molar-refractivity contribution in [2.45, 2.75) is 13.2 Å². The monoisotopic (exact) mass is 387 g/mol. The average molecular weight is 388 g/mol. The zero-order chi connectivity index (χ0) is 19.2. The summed E-state index contributed by atoms with van der Waals surface area (Å²) in [5.74, 6) is 0.142. The number of halogens is 1. The van der Waals surface area contributed by atoms with E-state index in [1.54, 1.807) is 17.0 Å². The summed E-state index contributed by atoms with van der Waals surface area (Å²) in [5.41, 5.74) is 2.62. The maximum Gasteiger partial charge on any atom is 0.411 e. The van der Waals surface area contributed by atoms with Gasteiger partial charge in [0.15, 0.2) is 0 Å². The lowest BCUT2D eigenvalue weighted by Crippen LogP contribution is -2.47. The van der Waals surface area contributed by atoms with E-state index in [-0.39, 0.29) is 12.5 Å². The molecule has 27 heavy (non-hydrogen) atoms. The van der Waals surface area contributed by atoms with Gasteiger partial charge in [0, 0.05) is 37.4 Å². The van der Waals surface area contributed by atoms with Gasteiger partial charge in [0.25, 0.3) is 0 Å². The number of likely N-dealkylation sites (N-methyl/N-ethyl adjacent to an activating group) is 1. The zero-order valence-corrected chi connectivity index (χ0v) is 15.9. The van der Waals surface area contributed by atoms with Crippen molar-refractivity contribution >= 4 is 29.3 Å². The Bertz CT molecular complexity index is 793. The average Bonchev–Trinajstić information content (AvgIpc) is 2.66. The van der Waals surface area contributed by atoms with Crippen molar-refractivity contribution in [2.24, 2.45) is 0 Å². The van der Waals surface area contributed by atoms with Gasteiger partial charge in [0.05, 0.1) is 6.54 Å². The predicted octanol–water partition coefficient (Wildman–Crippen LogP) is 3.36. The van der Waals surface area contributed by atoms with Crippen molar-refractivity contribution in [1.82, 2.24) is 9.80 Å². The second kappa shape index (κ2) is 8.88. The Morgan fingerprint density at radius 2 is 1.74 bits per heavy atom. The highest BCUT2D eigenvalue weighted by molar-refractivity contribution is 6.30. The minimum atomic E-state index is -0.512. The first-order valence-corrected chi connectivity index (χ1v) is 9.11. The Kier molecular flexibility index (Phi) is 6.32. The highest BCUT2D eigenvalue weighted by Gasteiger charge is 2.20. The molecule has 0 spiro atoms. The van der Waals surface area contributed by atoms with E-state index >= 15 is 0 Å². The molecule has 0 aromatic heterocycles. The van der Waals surface area contributed by atoms with E-state index in [0.717, 1.165) is 24.2 Å². The third kappa shape index (κ3) is 5.70. The van der Waals surface area contributed by atoms with Gasteiger partial charge < -0.3 is 9.64 Å². The molecule has 0 bridgehead atoms. The number of ether oxygens (including phenoxy) is 1. The number of benzene rings is 2. The van der Waals surface area contributed by atoms with E-state index in [1.165, 1.54) is 0 Å². The van der Waals surface area contributed by atoms with Gasteiger partial charge in [0.2, 0.25) is 5.91 Å². The number of anilines is 1. The first-order chi connectivity index (χ1) is 13.0.